The summed E-state index contributed by atoms with van der Waals surface area (Å²) in [5, 5.41) is 3.21. The van der Waals surface area contributed by atoms with Crippen molar-refractivity contribution >= 4 is 5.82 Å². The Bertz CT molecular complexity index is 274. The molecule has 78 valence electrons. The van der Waals surface area contributed by atoms with Crippen molar-refractivity contribution in [3.05, 3.63) is 23.9 Å². The van der Waals surface area contributed by atoms with E-state index in [1.54, 1.807) is 6.20 Å². The summed E-state index contributed by atoms with van der Waals surface area (Å²) < 4.78 is 5.53. The number of aromatic nitrogens is 1. The van der Waals surface area contributed by atoms with E-state index in [0.29, 0.717) is 6.61 Å². The summed E-state index contributed by atoms with van der Waals surface area (Å²) in [5.74, 6) is 0.927. The highest BCUT2D eigenvalue weighted by atomic mass is 16.5. The molecule has 1 heterocycles. The van der Waals surface area contributed by atoms with Crippen LogP contribution in [0.1, 0.15) is 26.3 Å². The van der Waals surface area contributed by atoms with Gasteiger partial charge in [-0.2, -0.15) is 0 Å². The molecule has 0 spiro atoms. The SMILES string of the molecule is CCNc1ncccc1COC(C)C. The zero-order chi connectivity index (χ0) is 10.4. The summed E-state index contributed by atoms with van der Waals surface area (Å²) in [7, 11) is 0. The molecule has 0 amide bonds. The van der Waals surface area contributed by atoms with Crippen LogP contribution in [0.5, 0.6) is 0 Å². The van der Waals surface area contributed by atoms with Gasteiger partial charge in [0, 0.05) is 18.3 Å². The van der Waals surface area contributed by atoms with Gasteiger partial charge in [-0.05, 0) is 26.8 Å². The van der Waals surface area contributed by atoms with Crippen molar-refractivity contribution in [1.82, 2.24) is 4.98 Å². The second-order valence-electron chi connectivity index (χ2n) is 3.40. The van der Waals surface area contributed by atoms with Gasteiger partial charge >= 0.3 is 0 Å². The van der Waals surface area contributed by atoms with Crippen molar-refractivity contribution < 1.29 is 4.74 Å². The van der Waals surface area contributed by atoms with E-state index in [2.05, 4.69) is 17.2 Å². The van der Waals surface area contributed by atoms with Crippen LogP contribution in [-0.2, 0) is 11.3 Å². The van der Waals surface area contributed by atoms with Crippen LogP contribution in [0.2, 0.25) is 0 Å². The van der Waals surface area contributed by atoms with Gasteiger partial charge in [-0.25, -0.2) is 4.98 Å². The summed E-state index contributed by atoms with van der Waals surface area (Å²) in [5.41, 5.74) is 1.11. The van der Waals surface area contributed by atoms with Crippen LogP contribution >= 0.6 is 0 Å². The van der Waals surface area contributed by atoms with E-state index < -0.39 is 0 Å². The Morgan fingerprint density at radius 3 is 2.93 bits per heavy atom. The molecule has 0 fully saturated rings. The van der Waals surface area contributed by atoms with E-state index in [1.807, 2.05) is 26.0 Å². The number of hydrogen-bond donors (Lipinski definition) is 1. The summed E-state index contributed by atoms with van der Waals surface area (Å²) >= 11 is 0. The minimum atomic E-state index is 0.254. The number of hydrogen-bond acceptors (Lipinski definition) is 3. The molecule has 0 radical (unpaired) electrons. The number of nitrogens with zero attached hydrogens (tertiary/aromatic N) is 1. The zero-order valence-corrected chi connectivity index (χ0v) is 9.08. The largest absolute Gasteiger partial charge is 0.374 e. The monoisotopic (exact) mass is 194 g/mol. The van der Waals surface area contributed by atoms with Gasteiger partial charge in [-0.15, -0.1) is 0 Å². The number of ether oxygens (including phenoxy) is 1. The van der Waals surface area contributed by atoms with Crippen molar-refractivity contribution in [2.45, 2.75) is 33.5 Å². The fourth-order valence-electron chi connectivity index (χ4n) is 1.14. The first-order chi connectivity index (χ1) is 6.74. The molecule has 0 unspecified atom stereocenters. The Balaban J connectivity index is 2.64. The maximum absolute atomic E-state index is 5.53. The first-order valence-electron chi connectivity index (χ1n) is 5.03. The average Bonchev–Trinajstić information content (AvgIpc) is 2.17. The molecule has 0 aliphatic heterocycles. The van der Waals surface area contributed by atoms with Crippen LogP contribution in [0.4, 0.5) is 5.82 Å². The third-order valence-corrected chi connectivity index (χ3v) is 1.81. The summed E-state index contributed by atoms with van der Waals surface area (Å²) in [6.45, 7) is 7.62. The highest BCUT2D eigenvalue weighted by Crippen LogP contribution is 2.12. The minimum Gasteiger partial charge on any atom is -0.374 e. The van der Waals surface area contributed by atoms with E-state index in [1.165, 1.54) is 0 Å². The zero-order valence-electron chi connectivity index (χ0n) is 9.08. The highest BCUT2D eigenvalue weighted by molar-refractivity contribution is 5.42. The molecular weight excluding hydrogens is 176 g/mol. The Hall–Kier alpha value is -1.09. The predicted octanol–water partition coefficient (Wildman–Crippen LogP) is 2.44. The van der Waals surface area contributed by atoms with E-state index in [4.69, 9.17) is 4.74 Å². The minimum absolute atomic E-state index is 0.254. The first-order valence-corrected chi connectivity index (χ1v) is 5.03. The number of pyridine rings is 1. The molecule has 3 nitrogen and oxygen atoms in total. The Morgan fingerprint density at radius 1 is 1.50 bits per heavy atom. The molecule has 0 aliphatic carbocycles. The lowest BCUT2D eigenvalue weighted by atomic mass is 10.2. The van der Waals surface area contributed by atoms with Crippen molar-refractivity contribution in [2.75, 3.05) is 11.9 Å². The molecule has 1 aromatic heterocycles. The number of nitrogens with one attached hydrogen (secondary N) is 1. The van der Waals surface area contributed by atoms with Gasteiger partial charge in [0.1, 0.15) is 5.82 Å². The highest BCUT2D eigenvalue weighted by Gasteiger charge is 2.02. The van der Waals surface area contributed by atoms with E-state index in [0.717, 1.165) is 17.9 Å². The van der Waals surface area contributed by atoms with Crippen LogP contribution < -0.4 is 5.32 Å². The van der Waals surface area contributed by atoms with E-state index in [-0.39, 0.29) is 6.10 Å². The third-order valence-electron chi connectivity index (χ3n) is 1.81. The summed E-state index contributed by atoms with van der Waals surface area (Å²) in [6, 6.07) is 3.97. The lowest BCUT2D eigenvalue weighted by Gasteiger charge is -2.11. The molecule has 0 aliphatic rings. The second-order valence-corrected chi connectivity index (χ2v) is 3.40. The predicted molar refractivity (Wildman–Crippen MR) is 58.3 cm³/mol. The molecule has 3 heteroatoms. The molecule has 14 heavy (non-hydrogen) atoms. The van der Waals surface area contributed by atoms with Crippen molar-refractivity contribution in [3.8, 4) is 0 Å². The molecule has 0 bridgehead atoms. The fraction of sp³-hybridized carbons (Fsp3) is 0.545. The standard InChI is InChI=1S/C11H18N2O/c1-4-12-11-10(6-5-7-13-11)8-14-9(2)3/h5-7,9H,4,8H2,1-3H3,(H,12,13). The Labute approximate surface area is 85.5 Å². The van der Waals surface area contributed by atoms with Gasteiger partial charge in [0.15, 0.2) is 0 Å². The third kappa shape index (κ3) is 3.34. The molecule has 0 saturated heterocycles. The molecule has 1 N–H and O–H groups in total. The number of rotatable bonds is 5. The average molecular weight is 194 g/mol. The molecule has 0 saturated carbocycles. The Morgan fingerprint density at radius 2 is 2.29 bits per heavy atom. The molecular formula is C11H18N2O. The first kappa shape index (κ1) is 11.0. The Kier molecular flexibility index (Phi) is 4.40. The normalized spacial score (nSPS) is 10.6. The molecule has 0 aromatic carbocycles. The van der Waals surface area contributed by atoms with Gasteiger partial charge in [0.2, 0.25) is 0 Å². The lowest BCUT2D eigenvalue weighted by molar-refractivity contribution is 0.0659. The van der Waals surface area contributed by atoms with Crippen LogP contribution in [0.15, 0.2) is 18.3 Å². The summed E-state index contributed by atoms with van der Waals surface area (Å²) in [4.78, 5) is 4.26. The van der Waals surface area contributed by atoms with E-state index >= 15 is 0 Å². The smallest absolute Gasteiger partial charge is 0.131 e. The topological polar surface area (TPSA) is 34.2 Å². The van der Waals surface area contributed by atoms with Gasteiger partial charge in [-0.1, -0.05) is 6.07 Å². The van der Waals surface area contributed by atoms with Gasteiger partial charge in [0.25, 0.3) is 0 Å². The van der Waals surface area contributed by atoms with Crippen LogP contribution in [0, 0.1) is 0 Å². The molecule has 1 rings (SSSR count). The van der Waals surface area contributed by atoms with Gasteiger partial charge in [0.05, 0.1) is 12.7 Å². The van der Waals surface area contributed by atoms with Gasteiger partial charge in [-0.3, -0.25) is 0 Å². The quantitative estimate of drug-likeness (QED) is 0.781. The van der Waals surface area contributed by atoms with Crippen molar-refractivity contribution in [1.29, 1.82) is 0 Å². The van der Waals surface area contributed by atoms with Gasteiger partial charge < -0.3 is 10.1 Å². The van der Waals surface area contributed by atoms with Crippen molar-refractivity contribution in [3.63, 3.8) is 0 Å². The maximum Gasteiger partial charge on any atom is 0.131 e. The van der Waals surface area contributed by atoms with Crippen molar-refractivity contribution in [2.24, 2.45) is 0 Å². The van der Waals surface area contributed by atoms with Crippen LogP contribution in [-0.4, -0.2) is 17.6 Å². The number of anilines is 1. The maximum atomic E-state index is 5.53. The van der Waals surface area contributed by atoms with Crippen LogP contribution in [0.3, 0.4) is 0 Å². The lowest BCUT2D eigenvalue weighted by Crippen LogP contribution is -2.07. The molecule has 1 aromatic rings. The fourth-order valence-corrected chi connectivity index (χ4v) is 1.14. The molecule has 0 atom stereocenters. The second kappa shape index (κ2) is 5.60. The van der Waals surface area contributed by atoms with E-state index in [9.17, 15) is 0 Å². The summed E-state index contributed by atoms with van der Waals surface area (Å²) in [6.07, 6.45) is 2.04. The van der Waals surface area contributed by atoms with Crippen LogP contribution in [0.25, 0.3) is 0 Å².